The second-order valence-electron chi connectivity index (χ2n) is 8.28. The minimum Gasteiger partial charge on any atom is -0.748 e. The van der Waals surface area contributed by atoms with Crippen LogP contribution in [0.1, 0.15) is 129 Å². The first-order valence-electron chi connectivity index (χ1n) is 11.5. The van der Waals surface area contributed by atoms with Gasteiger partial charge < -0.3 is 9.66 Å². The Morgan fingerprint density at radius 2 is 1.00 bits per heavy atom. The summed E-state index contributed by atoms with van der Waals surface area (Å²) in [5, 5.41) is 8.51. The predicted molar refractivity (Wildman–Crippen MR) is 114 cm³/mol. The van der Waals surface area contributed by atoms with Crippen LogP contribution in [-0.4, -0.2) is 29.4 Å². The number of hydrogen-bond acceptors (Lipinski definition) is 4. The van der Waals surface area contributed by atoms with E-state index in [-0.39, 0.29) is 35.7 Å². The molecule has 0 aliphatic carbocycles. The third kappa shape index (κ3) is 21.6. The maximum atomic E-state index is 11.5. The van der Waals surface area contributed by atoms with Gasteiger partial charge in [-0.3, -0.25) is 0 Å². The molecule has 28 heavy (non-hydrogen) atoms. The van der Waals surface area contributed by atoms with E-state index in [4.69, 9.17) is 0 Å². The first kappa shape index (κ1) is 31.1. The van der Waals surface area contributed by atoms with Crippen molar-refractivity contribution in [3.63, 3.8) is 0 Å². The number of rotatable bonds is 20. The molecule has 2 atom stereocenters. The average molecular weight is 429 g/mol. The zero-order chi connectivity index (χ0) is 20.4. The summed E-state index contributed by atoms with van der Waals surface area (Å²) < 4.78 is 34.4. The number of unbranched alkanes of at least 4 members (excludes halogenated alkanes) is 13. The zero-order valence-corrected chi connectivity index (χ0v) is 21.8. The Kier molecular flexibility index (Phi) is 23.4. The standard InChI is InChI=1S/C22H46O4S.Na/c1-3-4-5-6-7-8-9-10-11-12-16-19-22(27(24,25)26)20-17-14-13-15-18-21(2)23;/h21-23H,3-20H2,1-2H3,(H,24,25,26);/q;+1/p-1. The Hall–Kier alpha value is 0.870. The molecule has 0 aromatic rings. The summed E-state index contributed by atoms with van der Waals surface area (Å²) in [6.07, 6.45) is 18.8. The minimum atomic E-state index is -4.17. The average Bonchev–Trinajstić information content (AvgIpc) is 2.59. The van der Waals surface area contributed by atoms with Gasteiger partial charge in [0.15, 0.2) is 0 Å². The van der Waals surface area contributed by atoms with E-state index in [0.29, 0.717) is 12.8 Å². The van der Waals surface area contributed by atoms with E-state index < -0.39 is 15.4 Å². The quantitative estimate of drug-likeness (QED) is 0.183. The van der Waals surface area contributed by atoms with Gasteiger partial charge in [0.05, 0.1) is 16.2 Å². The van der Waals surface area contributed by atoms with Gasteiger partial charge in [-0.05, 0) is 26.2 Å². The van der Waals surface area contributed by atoms with Crippen molar-refractivity contribution >= 4 is 10.1 Å². The Morgan fingerprint density at radius 3 is 1.32 bits per heavy atom. The maximum absolute atomic E-state index is 11.5. The number of aliphatic hydroxyl groups is 1. The molecule has 0 spiro atoms. The summed E-state index contributed by atoms with van der Waals surface area (Å²) in [6, 6.07) is 0. The Labute approximate surface area is 197 Å². The van der Waals surface area contributed by atoms with Gasteiger partial charge in [-0.2, -0.15) is 0 Å². The molecule has 164 valence electrons. The molecule has 0 fully saturated rings. The van der Waals surface area contributed by atoms with Gasteiger partial charge in [0.1, 0.15) is 0 Å². The van der Waals surface area contributed by atoms with Gasteiger partial charge in [-0.1, -0.05) is 103 Å². The smallest absolute Gasteiger partial charge is 0.748 e. The summed E-state index contributed by atoms with van der Waals surface area (Å²) >= 11 is 0. The fraction of sp³-hybridized carbons (Fsp3) is 1.00. The number of hydrogen-bond donors (Lipinski definition) is 1. The molecule has 0 saturated carbocycles. The van der Waals surface area contributed by atoms with Crippen molar-refractivity contribution in [3.05, 3.63) is 0 Å². The molecular formula is C22H45NaO4S. The molecule has 0 heterocycles. The summed E-state index contributed by atoms with van der Waals surface area (Å²) in [4.78, 5) is 0. The van der Waals surface area contributed by atoms with Crippen LogP contribution < -0.4 is 29.6 Å². The molecular weight excluding hydrogens is 383 g/mol. The maximum Gasteiger partial charge on any atom is 1.00 e. The van der Waals surface area contributed by atoms with E-state index in [9.17, 15) is 18.1 Å². The zero-order valence-electron chi connectivity index (χ0n) is 19.0. The molecule has 0 aliphatic heterocycles. The third-order valence-corrected chi connectivity index (χ3v) is 6.72. The van der Waals surface area contributed by atoms with E-state index in [0.717, 1.165) is 51.4 Å². The largest absolute Gasteiger partial charge is 1.00 e. The first-order chi connectivity index (χ1) is 12.9. The Bertz CT molecular complexity index is 413. The summed E-state index contributed by atoms with van der Waals surface area (Å²) in [5.74, 6) is 0. The molecule has 0 aromatic carbocycles. The van der Waals surface area contributed by atoms with Gasteiger partial charge in [-0.15, -0.1) is 0 Å². The Balaban J connectivity index is 0. The van der Waals surface area contributed by atoms with Gasteiger partial charge in [0.25, 0.3) is 0 Å². The molecule has 0 bridgehead atoms. The van der Waals surface area contributed by atoms with E-state index in [1.54, 1.807) is 6.92 Å². The van der Waals surface area contributed by atoms with Gasteiger partial charge >= 0.3 is 29.6 Å². The van der Waals surface area contributed by atoms with Gasteiger partial charge in [0, 0.05) is 5.25 Å². The molecule has 4 nitrogen and oxygen atoms in total. The van der Waals surface area contributed by atoms with E-state index in [1.807, 2.05) is 0 Å². The van der Waals surface area contributed by atoms with Crippen molar-refractivity contribution in [2.45, 2.75) is 141 Å². The van der Waals surface area contributed by atoms with Crippen LogP contribution in [0.25, 0.3) is 0 Å². The molecule has 6 heteroatoms. The molecule has 0 rings (SSSR count). The van der Waals surface area contributed by atoms with Crippen LogP contribution in [0.4, 0.5) is 0 Å². The normalized spacial score (nSPS) is 13.9. The van der Waals surface area contributed by atoms with E-state index >= 15 is 0 Å². The van der Waals surface area contributed by atoms with Gasteiger partial charge in [-0.25, -0.2) is 8.42 Å². The van der Waals surface area contributed by atoms with Crippen LogP contribution >= 0.6 is 0 Å². The molecule has 0 saturated heterocycles. The predicted octanol–water partition coefficient (Wildman–Crippen LogP) is 3.33. The molecule has 2 unspecified atom stereocenters. The fourth-order valence-electron chi connectivity index (χ4n) is 3.63. The topological polar surface area (TPSA) is 77.4 Å². The summed E-state index contributed by atoms with van der Waals surface area (Å²) in [5.41, 5.74) is 0. The van der Waals surface area contributed by atoms with Crippen LogP contribution in [-0.2, 0) is 10.1 Å². The number of aliphatic hydroxyl groups excluding tert-OH is 1. The van der Waals surface area contributed by atoms with Crippen LogP contribution in [0.2, 0.25) is 0 Å². The summed E-state index contributed by atoms with van der Waals surface area (Å²) in [7, 11) is -4.17. The second-order valence-corrected chi connectivity index (χ2v) is 9.93. The molecule has 0 aromatic heterocycles. The first-order valence-corrected chi connectivity index (χ1v) is 13.0. The second kappa shape index (κ2) is 21.1. The summed E-state index contributed by atoms with van der Waals surface area (Å²) in [6.45, 7) is 4.02. The van der Waals surface area contributed by atoms with E-state index in [2.05, 4.69) is 6.92 Å². The van der Waals surface area contributed by atoms with Crippen molar-refractivity contribution in [2.24, 2.45) is 0 Å². The van der Waals surface area contributed by atoms with Gasteiger partial charge in [0.2, 0.25) is 0 Å². The molecule has 0 amide bonds. The van der Waals surface area contributed by atoms with Crippen molar-refractivity contribution in [2.75, 3.05) is 0 Å². The SMILES string of the molecule is CCCCCCCCCCCCCC(CCCCCCC(C)O)S(=O)(=O)[O-].[Na+]. The van der Waals surface area contributed by atoms with Crippen molar-refractivity contribution in [1.82, 2.24) is 0 Å². The minimum absolute atomic E-state index is 0. The van der Waals surface area contributed by atoms with Crippen molar-refractivity contribution in [1.29, 1.82) is 0 Å². The van der Waals surface area contributed by atoms with Crippen molar-refractivity contribution in [3.8, 4) is 0 Å². The molecule has 0 aliphatic rings. The van der Waals surface area contributed by atoms with Crippen LogP contribution in [0, 0.1) is 0 Å². The third-order valence-electron chi connectivity index (χ3n) is 5.44. The molecule has 0 radical (unpaired) electrons. The van der Waals surface area contributed by atoms with E-state index in [1.165, 1.54) is 51.4 Å². The molecule has 1 N–H and O–H groups in total. The van der Waals surface area contributed by atoms with Crippen LogP contribution in [0.5, 0.6) is 0 Å². The van der Waals surface area contributed by atoms with Crippen LogP contribution in [0.15, 0.2) is 0 Å². The van der Waals surface area contributed by atoms with Crippen LogP contribution in [0.3, 0.4) is 0 Å². The monoisotopic (exact) mass is 428 g/mol. The fourth-order valence-corrected chi connectivity index (χ4v) is 4.55. The van der Waals surface area contributed by atoms with Crippen molar-refractivity contribution < 1.29 is 47.6 Å². The Morgan fingerprint density at radius 1 is 0.679 bits per heavy atom.